The highest BCUT2D eigenvalue weighted by atomic mass is 32.2. The van der Waals surface area contributed by atoms with Crippen LogP contribution in [-0.2, 0) is 14.6 Å². The van der Waals surface area contributed by atoms with Gasteiger partial charge in [0, 0.05) is 24.7 Å². The zero-order chi connectivity index (χ0) is 26.9. The van der Waals surface area contributed by atoms with Gasteiger partial charge in [-0.05, 0) is 69.7 Å². The number of sulfone groups is 1. The van der Waals surface area contributed by atoms with Crippen molar-refractivity contribution >= 4 is 38.9 Å². The lowest BCUT2D eigenvalue weighted by Gasteiger charge is -2.28. The molecule has 2 aromatic carbocycles. The standard InChI is InChI=1S/C25H30F3NO5S2/c1-24(2,23(30)31)15-34-20-12-22-19(11-21(20)35-4)29(18-7-5-17(26)6-8-18)13-16(14-36(22,32)33)9-10-25(3,27)28/h5-8,11-12,16H,9-10,13-15H2,1-4H3,(H,30,31)/t16-/m1/s1. The molecule has 0 aromatic heterocycles. The maximum absolute atomic E-state index is 13.6. The van der Waals surface area contributed by atoms with Crippen LogP contribution >= 0.6 is 11.8 Å². The SMILES string of the molecule is CSc1cc2c(cc1OCC(C)(C)C(=O)O)S(=O)(=O)C[C@H](CCC(C)(F)F)CN2c1ccc(F)cc1. The van der Waals surface area contributed by atoms with Crippen LogP contribution in [0.3, 0.4) is 0 Å². The second-order valence-corrected chi connectivity index (χ2v) is 12.6. The number of alkyl halides is 2. The van der Waals surface area contributed by atoms with E-state index in [2.05, 4.69) is 0 Å². The number of hydrogen-bond donors (Lipinski definition) is 1. The topological polar surface area (TPSA) is 83.9 Å². The summed E-state index contributed by atoms with van der Waals surface area (Å²) in [5.41, 5.74) is -0.352. The Balaban J connectivity index is 2.12. The fraction of sp³-hybridized carbons (Fsp3) is 0.480. The van der Waals surface area contributed by atoms with Crippen molar-refractivity contribution in [2.75, 3.05) is 30.1 Å². The first-order valence-corrected chi connectivity index (χ1v) is 14.2. The Morgan fingerprint density at radius 1 is 1.19 bits per heavy atom. The van der Waals surface area contributed by atoms with Gasteiger partial charge in [-0.1, -0.05) is 0 Å². The maximum atomic E-state index is 13.6. The lowest BCUT2D eigenvalue weighted by atomic mass is 9.95. The van der Waals surface area contributed by atoms with Gasteiger partial charge in [0.15, 0.2) is 9.84 Å². The normalized spacial score (nSPS) is 17.9. The lowest BCUT2D eigenvalue weighted by Crippen LogP contribution is -2.30. The van der Waals surface area contributed by atoms with Crippen LogP contribution in [0.5, 0.6) is 5.75 Å². The fourth-order valence-corrected chi connectivity index (χ4v) is 6.28. The number of fused-ring (bicyclic) bond motifs is 1. The molecule has 0 spiro atoms. The summed E-state index contributed by atoms with van der Waals surface area (Å²) in [7, 11) is -3.93. The first-order valence-electron chi connectivity index (χ1n) is 11.3. The van der Waals surface area contributed by atoms with Gasteiger partial charge in [-0.2, -0.15) is 0 Å². The smallest absolute Gasteiger partial charge is 0.312 e. The van der Waals surface area contributed by atoms with Crippen molar-refractivity contribution in [3.8, 4) is 5.75 Å². The number of carboxylic acids is 1. The summed E-state index contributed by atoms with van der Waals surface area (Å²) in [5, 5.41) is 9.41. The average Bonchev–Trinajstić information content (AvgIpc) is 2.89. The van der Waals surface area contributed by atoms with Gasteiger partial charge >= 0.3 is 5.97 Å². The Labute approximate surface area is 213 Å². The monoisotopic (exact) mass is 545 g/mol. The molecule has 36 heavy (non-hydrogen) atoms. The minimum atomic E-state index is -3.93. The van der Waals surface area contributed by atoms with Crippen LogP contribution in [0.1, 0.15) is 33.6 Å². The maximum Gasteiger partial charge on any atom is 0.312 e. The van der Waals surface area contributed by atoms with Gasteiger partial charge in [-0.25, -0.2) is 21.6 Å². The van der Waals surface area contributed by atoms with E-state index in [0.717, 1.165) is 6.92 Å². The molecule has 0 amide bonds. The Hall–Kier alpha value is -2.40. The molecular formula is C25H30F3NO5S2. The van der Waals surface area contributed by atoms with E-state index < -0.39 is 45.3 Å². The number of carbonyl (C=O) groups is 1. The zero-order valence-corrected chi connectivity index (χ0v) is 22.2. The highest BCUT2D eigenvalue weighted by molar-refractivity contribution is 7.98. The molecule has 0 saturated carbocycles. The van der Waals surface area contributed by atoms with Crippen molar-refractivity contribution in [1.82, 2.24) is 0 Å². The first kappa shape index (κ1) is 28.2. The van der Waals surface area contributed by atoms with Crippen molar-refractivity contribution in [2.45, 2.75) is 49.3 Å². The molecule has 1 heterocycles. The average molecular weight is 546 g/mol. The van der Waals surface area contributed by atoms with Crippen LogP contribution in [0.15, 0.2) is 46.2 Å². The minimum Gasteiger partial charge on any atom is -0.491 e. The molecule has 0 fully saturated rings. The van der Waals surface area contributed by atoms with Gasteiger partial charge < -0.3 is 14.7 Å². The number of aliphatic carboxylic acids is 1. The van der Waals surface area contributed by atoms with Gasteiger partial charge in [0.2, 0.25) is 5.92 Å². The minimum absolute atomic E-state index is 0.0139. The van der Waals surface area contributed by atoms with Gasteiger partial charge in [0.25, 0.3) is 0 Å². The summed E-state index contributed by atoms with van der Waals surface area (Å²) >= 11 is 1.30. The molecule has 1 N–H and O–H groups in total. The number of carboxylic acid groups (broad SMARTS) is 1. The summed E-state index contributed by atoms with van der Waals surface area (Å²) in [6.07, 6.45) is 1.30. The molecule has 0 aliphatic carbocycles. The van der Waals surface area contributed by atoms with E-state index in [1.165, 1.54) is 55.9 Å². The molecule has 6 nitrogen and oxygen atoms in total. The van der Waals surface area contributed by atoms with Crippen LogP contribution in [-0.4, -0.2) is 50.6 Å². The molecule has 0 unspecified atom stereocenters. The molecule has 1 atom stereocenters. The van der Waals surface area contributed by atoms with E-state index >= 15 is 0 Å². The van der Waals surface area contributed by atoms with Crippen molar-refractivity contribution in [3.63, 3.8) is 0 Å². The molecule has 11 heteroatoms. The highest BCUT2D eigenvalue weighted by Gasteiger charge is 2.36. The van der Waals surface area contributed by atoms with E-state index in [1.54, 1.807) is 17.2 Å². The predicted octanol–water partition coefficient (Wildman–Crippen LogP) is 6.01. The third-order valence-electron chi connectivity index (χ3n) is 6.06. The molecule has 2 aromatic rings. The van der Waals surface area contributed by atoms with Gasteiger partial charge in [0.1, 0.15) is 18.2 Å². The van der Waals surface area contributed by atoms with Crippen LogP contribution in [0.4, 0.5) is 24.5 Å². The molecule has 0 saturated heterocycles. The number of rotatable bonds is 9. The summed E-state index contributed by atoms with van der Waals surface area (Å²) in [6, 6.07) is 8.56. The second-order valence-electron chi connectivity index (χ2n) is 9.79. The Morgan fingerprint density at radius 2 is 1.83 bits per heavy atom. The number of benzene rings is 2. The lowest BCUT2D eigenvalue weighted by molar-refractivity contribution is -0.148. The third-order valence-corrected chi connectivity index (χ3v) is 8.73. The predicted molar refractivity (Wildman–Crippen MR) is 134 cm³/mol. The zero-order valence-electron chi connectivity index (χ0n) is 20.6. The Morgan fingerprint density at radius 3 is 2.39 bits per heavy atom. The third kappa shape index (κ3) is 6.67. The van der Waals surface area contributed by atoms with Crippen molar-refractivity contribution in [2.24, 2.45) is 11.3 Å². The van der Waals surface area contributed by atoms with Crippen molar-refractivity contribution in [3.05, 3.63) is 42.2 Å². The van der Waals surface area contributed by atoms with E-state index in [4.69, 9.17) is 4.74 Å². The van der Waals surface area contributed by atoms with Crippen LogP contribution in [0.2, 0.25) is 0 Å². The number of ether oxygens (including phenoxy) is 1. The summed E-state index contributed by atoms with van der Waals surface area (Å²) < 4.78 is 73.7. The molecule has 0 radical (unpaired) electrons. The molecule has 1 aliphatic heterocycles. The van der Waals surface area contributed by atoms with E-state index in [0.29, 0.717) is 16.3 Å². The Kier molecular flexibility index (Phi) is 8.24. The second kappa shape index (κ2) is 10.5. The largest absolute Gasteiger partial charge is 0.491 e. The Bertz CT molecular complexity index is 1210. The van der Waals surface area contributed by atoms with Crippen molar-refractivity contribution in [1.29, 1.82) is 0 Å². The van der Waals surface area contributed by atoms with Crippen LogP contribution in [0, 0.1) is 17.2 Å². The quantitative estimate of drug-likeness (QED) is 0.386. The summed E-state index contributed by atoms with van der Waals surface area (Å²) in [5.74, 6) is -5.19. The number of nitrogens with zero attached hydrogens (tertiary/aromatic N) is 1. The number of anilines is 2. The van der Waals surface area contributed by atoms with Gasteiger partial charge in [-0.15, -0.1) is 11.8 Å². The molecule has 0 bridgehead atoms. The van der Waals surface area contributed by atoms with Crippen molar-refractivity contribution < 1.29 is 36.2 Å². The molecule has 1 aliphatic rings. The van der Waals surface area contributed by atoms with Crippen LogP contribution in [0.25, 0.3) is 0 Å². The first-order chi connectivity index (χ1) is 16.6. The van der Waals surface area contributed by atoms with Gasteiger partial charge in [-0.3, -0.25) is 4.79 Å². The highest BCUT2D eigenvalue weighted by Crippen LogP contribution is 2.44. The number of halogens is 3. The fourth-order valence-electron chi connectivity index (χ4n) is 3.89. The van der Waals surface area contributed by atoms with Gasteiger partial charge in [0.05, 0.1) is 26.6 Å². The number of thioether (sulfide) groups is 1. The number of hydrogen-bond acceptors (Lipinski definition) is 6. The van der Waals surface area contributed by atoms with E-state index in [-0.39, 0.29) is 36.0 Å². The molecule has 3 rings (SSSR count). The van der Waals surface area contributed by atoms with Crippen LogP contribution < -0.4 is 9.64 Å². The molecular weight excluding hydrogens is 515 g/mol. The molecule has 198 valence electrons. The summed E-state index contributed by atoms with van der Waals surface area (Å²) in [6.45, 7) is 3.76. The van der Waals surface area contributed by atoms with E-state index in [9.17, 15) is 31.5 Å². The van der Waals surface area contributed by atoms with E-state index in [1.807, 2.05) is 0 Å². The summed E-state index contributed by atoms with van der Waals surface area (Å²) in [4.78, 5) is 13.7.